The lowest BCUT2D eigenvalue weighted by atomic mass is 10.2. The number of nitrogens with two attached hydrogens (primary N) is 1. The molecule has 0 aromatic carbocycles. The van der Waals surface area contributed by atoms with E-state index in [-0.39, 0.29) is 5.84 Å². The van der Waals surface area contributed by atoms with E-state index in [0.717, 1.165) is 11.3 Å². The highest BCUT2D eigenvalue weighted by Crippen LogP contribution is 1.97. The van der Waals surface area contributed by atoms with Crippen LogP contribution in [0.2, 0.25) is 0 Å². The second-order valence-electron chi connectivity index (χ2n) is 2.01. The van der Waals surface area contributed by atoms with Gasteiger partial charge in [-0.25, -0.2) is 0 Å². The summed E-state index contributed by atoms with van der Waals surface area (Å²) in [4.78, 5) is 0. The van der Waals surface area contributed by atoms with E-state index in [2.05, 4.69) is 11.9 Å². The molecular weight excluding hydrogens is 126 g/mol. The van der Waals surface area contributed by atoms with Gasteiger partial charge in [-0.3, -0.25) is 5.41 Å². The zero-order chi connectivity index (χ0) is 8.15. The molecule has 0 aromatic rings. The van der Waals surface area contributed by atoms with Gasteiger partial charge < -0.3 is 11.1 Å². The van der Waals surface area contributed by atoms with E-state index in [9.17, 15) is 0 Å². The molecule has 4 N–H and O–H groups in total. The summed E-state index contributed by atoms with van der Waals surface area (Å²) in [6.45, 7) is 7.12. The fourth-order valence-electron chi connectivity index (χ4n) is 0.463. The number of hydrogen-bond acceptors (Lipinski definition) is 2. The first kappa shape index (κ1) is 8.75. The lowest BCUT2D eigenvalue weighted by molar-refractivity contribution is 1.04. The maximum atomic E-state index is 7.05. The third-order valence-corrected chi connectivity index (χ3v) is 1.29. The Morgan fingerprint density at radius 3 is 2.40 bits per heavy atom. The average Bonchev–Trinajstić information content (AvgIpc) is 1.87. The highest BCUT2D eigenvalue weighted by molar-refractivity contribution is 5.94. The second kappa shape index (κ2) is 3.71. The summed E-state index contributed by atoms with van der Waals surface area (Å²) >= 11 is 0. The Kier molecular flexibility index (Phi) is 3.25. The minimum atomic E-state index is 0.0897. The third-order valence-electron chi connectivity index (χ3n) is 1.29. The molecular formula is C7H13N3. The van der Waals surface area contributed by atoms with E-state index in [1.807, 2.05) is 6.92 Å². The molecule has 0 bridgehead atoms. The average molecular weight is 139 g/mol. The quantitative estimate of drug-likeness (QED) is 0.402. The van der Waals surface area contributed by atoms with Crippen LogP contribution in [0.4, 0.5) is 0 Å². The first-order chi connectivity index (χ1) is 4.59. The van der Waals surface area contributed by atoms with Crippen LogP contribution in [-0.2, 0) is 0 Å². The van der Waals surface area contributed by atoms with Gasteiger partial charge in [0, 0.05) is 11.3 Å². The minimum absolute atomic E-state index is 0.0897. The van der Waals surface area contributed by atoms with Crippen molar-refractivity contribution in [3.8, 4) is 0 Å². The Morgan fingerprint density at radius 2 is 2.10 bits per heavy atom. The summed E-state index contributed by atoms with van der Waals surface area (Å²) in [6.07, 6.45) is 1.56. The first-order valence-electron chi connectivity index (χ1n) is 2.99. The van der Waals surface area contributed by atoms with E-state index < -0.39 is 0 Å². The SMILES string of the molecule is C=CN/C(C)=C(\C)C(=N)N. The molecule has 56 valence electrons. The van der Waals surface area contributed by atoms with Gasteiger partial charge >= 0.3 is 0 Å². The van der Waals surface area contributed by atoms with Gasteiger partial charge in [0.15, 0.2) is 0 Å². The van der Waals surface area contributed by atoms with E-state index in [4.69, 9.17) is 11.1 Å². The molecule has 10 heavy (non-hydrogen) atoms. The van der Waals surface area contributed by atoms with Gasteiger partial charge in [-0.15, -0.1) is 0 Å². The Balaban J connectivity index is 4.33. The van der Waals surface area contributed by atoms with Crippen LogP contribution in [0.3, 0.4) is 0 Å². The summed E-state index contributed by atoms with van der Waals surface area (Å²) in [5.74, 6) is 0.0897. The van der Waals surface area contributed by atoms with Crippen molar-refractivity contribution in [2.45, 2.75) is 13.8 Å². The molecule has 0 saturated heterocycles. The summed E-state index contributed by atoms with van der Waals surface area (Å²) in [6, 6.07) is 0. The largest absolute Gasteiger partial charge is 0.384 e. The van der Waals surface area contributed by atoms with Gasteiger partial charge in [0.25, 0.3) is 0 Å². The monoisotopic (exact) mass is 139 g/mol. The maximum Gasteiger partial charge on any atom is 0.120 e. The van der Waals surface area contributed by atoms with Gasteiger partial charge in [0.1, 0.15) is 5.84 Å². The van der Waals surface area contributed by atoms with Crippen molar-refractivity contribution >= 4 is 5.84 Å². The Labute approximate surface area is 61.1 Å². The summed E-state index contributed by atoms with van der Waals surface area (Å²) < 4.78 is 0. The minimum Gasteiger partial charge on any atom is -0.384 e. The van der Waals surface area contributed by atoms with E-state index in [1.165, 1.54) is 0 Å². The topological polar surface area (TPSA) is 61.9 Å². The van der Waals surface area contributed by atoms with Crippen molar-refractivity contribution in [1.82, 2.24) is 5.32 Å². The molecule has 0 aliphatic rings. The van der Waals surface area contributed by atoms with Crippen LogP contribution in [0, 0.1) is 5.41 Å². The van der Waals surface area contributed by atoms with Gasteiger partial charge in [-0.1, -0.05) is 6.58 Å². The molecule has 3 nitrogen and oxygen atoms in total. The molecule has 0 fully saturated rings. The van der Waals surface area contributed by atoms with E-state index >= 15 is 0 Å². The zero-order valence-corrected chi connectivity index (χ0v) is 6.36. The molecule has 0 radical (unpaired) electrons. The fraction of sp³-hybridized carbons (Fsp3) is 0.286. The van der Waals surface area contributed by atoms with Gasteiger partial charge in [0.05, 0.1) is 0 Å². The number of rotatable bonds is 3. The molecule has 0 spiro atoms. The predicted molar refractivity (Wildman–Crippen MR) is 43.6 cm³/mol. The second-order valence-corrected chi connectivity index (χ2v) is 2.01. The molecule has 0 unspecified atom stereocenters. The van der Waals surface area contributed by atoms with Crippen LogP contribution in [0.15, 0.2) is 24.0 Å². The molecule has 0 heterocycles. The van der Waals surface area contributed by atoms with Gasteiger partial charge in [0.2, 0.25) is 0 Å². The van der Waals surface area contributed by atoms with Crippen molar-refractivity contribution in [1.29, 1.82) is 5.41 Å². The highest BCUT2D eigenvalue weighted by Gasteiger charge is 1.96. The molecule has 0 aliphatic heterocycles. The predicted octanol–water partition coefficient (Wildman–Crippen LogP) is 0.949. The maximum absolute atomic E-state index is 7.05. The summed E-state index contributed by atoms with van der Waals surface area (Å²) in [7, 11) is 0. The van der Waals surface area contributed by atoms with E-state index in [1.54, 1.807) is 13.1 Å². The lowest BCUT2D eigenvalue weighted by Crippen LogP contribution is -2.16. The van der Waals surface area contributed by atoms with Crippen molar-refractivity contribution in [3.63, 3.8) is 0 Å². The Hall–Kier alpha value is -1.25. The highest BCUT2D eigenvalue weighted by atomic mass is 14.9. The van der Waals surface area contributed by atoms with Crippen molar-refractivity contribution < 1.29 is 0 Å². The summed E-state index contributed by atoms with van der Waals surface area (Å²) in [5, 5.41) is 9.90. The Bertz CT molecular complexity index is 179. The van der Waals surface area contributed by atoms with E-state index in [0.29, 0.717) is 0 Å². The molecule has 0 amide bonds. The van der Waals surface area contributed by atoms with Crippen LogP contribution in [-0.4, -0.2) is 5.84 Å². The normalized spacial score (nSPS) is 11.8. The van der Waals surface area contributed by atoms with Crippen molar-refractivity contribution in [2.24, 2.45) is 5.73 Å². The van der Waals surface area contributed by atoms with Crippen LogP contribution in [0.5, 0.6) is 0 Å². The van der Waals surface area contributed by atoms with Gasteiger partial charge in [-0.2, -0.15) is 0 Å². The van der Waals surface area contributed by atoms with Crippen LogP contribution in [0.25, 0.3) is 0 Å². The molecule has 0 rings (SSSR count). The number of hydrogen-bond donors (Lipinski definition) is 3. The fourth-order valence-corrected chi connectivity index (χ4v) is 0.463. The van der Waals surface area contributed by atoms with Crippen molar-refractivity contribution in [2.75, 3.05) is 0 Å². The molecule has 0 atom stereocenters. The molecule has 3 heteroatoms. The number of nitrogens with one attached hydrogen (secondary N) is 2. The molecule has 0 aliphatic carbocycles. The first-order valence-corrected chi connectivity index (χ1v) is 2.99. The lowest BCUT2D eigenvalue weighted by Gasteiger charge is -2.04. The summed E-state index contributed by atoms with van der Waals surface area (Å²) in [5.41, 5.74) is 6.83. The van der Waals surface area contributed by atoms with Crippen LogP contribution < -0.4 is 11.1 Å². The third kappa shape index (κ3) is 2.35. The van der Waals surface area contributed by atoms with Crippen LogP contribution >= 0.6 is 0 Å². The smallest absolute Gasteiger partial charge is 0.120 e. The molecule has 0 aromatic heterocycles. The Morgan fingerprint density at radius 1 is 1.60 bits per heavy atom. The number of amidine groups is 1. The standard InChI is InChI=1S/C7H13N3/c1-4-10-6(3)5(2)7(8)9/h4,10H,1H2,2-3H3,(H3,8,9)/b6-5+. The van der Waals surface area contributed by atoms with Crippen LogP contribution in [0.1, 0.15) is 13.8 Å². The molecule has 0 saturated carbocycles. The van der Waals surface area contributed by atoms with Crippen molar-refractivity contribution in [3.05, 3.63) is 24.0 Å². The zero-order valence-electron chi connectivity index (χ0n) is 6.36. The number of allylic oxidation sites excluding steroid dienone is 1. The van der Waals surface area contributed by atoms with Gasteiger partial charge in [-0.05, 0) is 20.0 Å².